The van der Waals surface area contributed by atoms with Gasteiger partial charge in [0.1, 0.15) is 19.3 Å². The Bertz CT molecular complexity index is 375. The molecular weight excluding hydrogens is 294 g/mol. The molecule has 0 aromatic heterocycles. The first-order valence-corrected chi connectivity index (χ1v) is 6.97. The molecule has 0 heterocycles. The van der Waals surface area contributed by atoms with Crippen molar-refractivity contribution in [3.05, 3.63) is 0 Å². The summed E-state index contributed by atoms with van der Waals surface area (Å²) in [6.45, 7) is 2.62. The van der Waals surface area contributed by atoms with E-state index in [0.29, 0.717) is 6.42 Å². The normalized spacial score (nSPS) is 13.4. The Morgan fingerprint density at radius 2 is 1.50 bits per heavy atom. The number of ether oxygens (including phenoxy) is 3. The fourth-order valence-electron chi connectivity index (χ4n) is 1.48. The highest BCUT2D eigenvalue weighted by molar-refractivity contribution is 5.75. The van der Waals surface area contributed by atoms with Gasteiger partial charge in [0, 0.05) is 0 Å². The van der Waals surface area contributed by atoms with E-state index in [0.717, 1.165) is 0 Å². The number of carbonyl (C=O) groups is 3. The lowest BCUT2D eigenvalue weighted by molar-refractivity contribution is -0.165. The van der Waals surface area contributed by atoms with Gasteiger partial charge >= 0.3 is 17.9 Å². The topological polar surface area (TPSA) is 157 Å². The number of nitrogens with two attached hydrogens (primary N) is 3. The molecule has 128 valence electrons. The van der Waals surface area contributed by atoms with Crippen LogP contribution in [0.5, 0.6) is 0 Å². The first kappa shape index (κ1) is 20.3. The van der Waals surface area contributed by atoms with Gasteiger partial charge in [0.25, 0.3) is 0 Å². The third kappa shape index (κ3) is 9.27. The predicted octanol–water partition coefficient (Wildman–Crippen LogP) is -1.72. The van der Waals surface area contributed by atoms with Crippen molar-refractivity contribution in [1.82, 2.24) is 0 Å². The minimum absolute atomic E-state index is 0.235. The van der Waals surface area contributed by atoms with E-state index >= 15 is 0 Å². The molecule has 22 heavy (non-hydrogen) atoms. The Balaban J connectivity index is 4.40. The lowest BCUT2D eigenvalue weighted by Gasteiger charge is -2.19. The highest BCUT2D eigenvalue weighted by Crippen LogP contribution is 2.05. The summed E-state index contributed by atoms with van der Waals surface area (Å²) >= 11 is 0. The first-order chi connectivity index (χ1) is 10.3. The lowest BCUT2D eigenvalue weighted by Crippen LogP contribution is -2.38. The van der Waals surface area contributed by atoms with Crippen LogP contribution in [-0.2, 0) is 28.6 Å². The molecule has 0 amide bonds. The van der Waals surface area contributed by atoms with Gasteiger partial charge in [-0.25, -0.2) is 0 Å². The summed E-state index contributed by atoms with van der Waals surface area (Å²) in [4.78, 5) is 33.9. The van der Waals surface area contributed by atoms with Crippen LogP contribution in [0.1, 0.15) is 20.3 Å². The van der Waals surface area contributed by atoms with Gasteiger partial charge in [0.2, 0.25) is 0 Å². The first-order valence-electron chi connectivity index (χ1n) is 6.97. The van der Waals surface area contributed by atoms with E-state index in [2.05, 4.69) is 0 Å². The maximum atomic E-state index is 11.7. The third-order valence-electron chi connectivity index (χ3n) is 2.50. The number of carbonyl (C=O) groups excluding carboxylic acids is 3. The van der Waals surface area contributed by atoms with Gasteiger partial charge in [-0.15, -0.1) is 0 Å². The Morgan fingerprint density at radius 1 is 0.955 bits per heavy atom. The summed E-state index contributed by atoms with van der Waals surface area (Å²) < 4.78 is 14.6. The molecule has 9 nitrogen and oxygen atoms in total. The van der Waals surface area contributed by atoms with Crippen LogP contribution in [0.25, 0.3) is 0 Å². The molecule has 0 aliphatic heterocycles. The average Bonchev–Trinajstić information content (AvgIpc) is 2.47. The highest BCUT2D eigenvalue weighted by atomic mass is 16.6. The summed E-state index contributed by atoms with van der Waals surface area (Å²) in [6.07, 6.45) is -0.490. The molecule has 0 radical (unpaired) electrons. The van der Waals surface area contributed by atoms with Crippen molar-refractivity contribution in [3.8, 4) is 0 Å². The van der Waals surface area contributed by atoms with E-state index in [9.17, 15) is 14.4 Å². The minimum Gasteiger partial charge on any atom is -0.461 e. The second-order valence-corrected chi connectivity index (χ2v) is 5.07. The van der Waals surface area contributed by atoms with Crippen molar-refractivity contribution < 1.29 is 28.6 Å². The number of rotatable bonds is 10. The molecule has 0 saturated heterocycles. The molecule has 0 fully saturated rings. The minimum atomic E-state index is -0.957. The highest BCUT2D eigenvalue weighted by Gasteiger charge is 2.21. The summed E-state index contributed by atoms with van der Waals surface area (Å²) in [5.74, 6) is -1.76. The zero-order valence-electron chi connectivity index (χ0n) is 12.9. The van der Waals surface area contributed by atoms with Crippen molar-refractivity contribution in [2.45, 2.75) is 32.4 Å². The molecule has 6 N–H and O–H groups in total. The van der Waals surface area contributed by atoms with Gasteiger partial charge in [-0.1, -0.05) is 13.8 Å². The van der Waals surface area contributed by atoms with Gasteiger partial charge < -0.3 is 31.4 Å². The Hall–Kier alpha value is -1.71. The third-order valence-corrected chi connectivity index (χ3v) is 2.50. The smallest absolute Gasteiger partial charge is 0.323 e. The van der Waals surface area contributed by atoms with Gasteiger partial charge in [-0.2, -0.15) is 0 Å². The van der Waals surface area contributed by atoms with Crippen molar-refractivity contribution in [3.63, 3.8) is 0 Å². The lowest BCUT2D eigenvalue weighted by atomic mass is 10.1. The van der Waals surface area contributed by atoms with Crippen molar-refractivity contribution >= 4 is 17.9 Å². The van der Waals surface area contributed by atoms with Crippen LogP contribution < -0.4 is 17.2 Å². The Morgan fingerprint density at radius 3 is 2.00 bits per heavy atom. The zero-order chi connectivity index (χ0) is 17.1. The molecule has 0 aliphatic rings. The fraction of sp³-hybridized carbons (Fsp3) is 0.769. The Kier molecular flexibility index (Phi) is 10.1. The Labute approximate surface area is 129 Å². The van der Waals surface area contributed by atoms with Crippen LogP contribution in [0.4, 0.5) is 0 Å². The van der Waals surface area contributed by atoms with Crippen LogP contribution in [0.3, 0.4) is 0 Å². The second-order valence-electron chi connectivity index (χ2n) is 5.07. The number of hydrogen-bond acceptors (Lipinski definition) is 9. The van der Waals surface area contributed by atoms with Crippen LogP contribution in [-0.4, -0.2) is 56.4 Å². The summed E-state index contributed by atoms with van der Waals surface area (Å²) in [6, 6.07) is -0.766. The van der Waals surface area contributed by atoms with Gasteiger partial charge in [0.15, 0.2) is 6.10 Å². The molecule has 0 bridgehead atoms. The monoisotopic (exact) mass is 319 g/mol. The molecule has 0 rings (SSSR count). The second kappa shape index (κ2) is 10.9. The van der Waals surface area contributed by atoms with Crippen LogP contribution in [0.15, 0.2) is 0 Å². The van der Waals surface area contributed by atoms with Crippen LogP contribution in [0.2, 0.25) is 0 Å². The van der Waals surface area contributed by atoms with E-state index in [1.165, 1.54) is 0 Å². The molecule has 0 aromatic carbocycles. The standard InChI is InChI=1S/C13H25N3O6/c1-8(2)3-10(16)13(19)21-7-9(22-12(18)5-15)6-20-11(17)4-14/h8-10H,3-7,14-16H2,1-2H3/t9?,10-/m0/s1. The summed E-state index contributed by atoms with van der Waals surface area (Å²) in [7, 11) is 0. The molecule has 2 atom stereocenters. The number of hydrogen-bond donors (Lipinski definition) is 3. The van der Waals surface area contributed by atoms with Crippen molar-refractivity contribution in [2.75, 3.05) is 26.3 Å². The van der Waals surface area contributed by atoms with E-state index in [4.69, 9.17) is 31.4 Å². The van der Waals surface area contributed by atoms with Crippen LogP contribution in [0, 0.1) is 5.92 Å². The fourth-order valence-corrected chi connectivity index (χ4v) is 1.48. The largest absolute Gasteiger partial charge is 0.461 e. The van der Waals surface area contributed by atoms with E-state index < -0.39 is 30.1 Å². The van der Waals surface area contributed by atoms with Crippen LogP contribution >= 0.6 is 0 Å². The average molecular weight is 319 g/mol. The SMILES string of the molecule is CC(C)C[C@H](N)C(=O)OCC(COC(=O)CN)OC(=O)CN. The zero-order valence-corrected chi connectivity index (χ0v) is 12.9. The molecular formula is C13H25N3O6. The maximum absolute atomic E-state index is 11.7. The van der Waals surface area contributed by atoms with Gasteiger partial charge in [-0.3, -0.25) is 14.4 Å². The predicted molar refractivity (Wildman–Crippen MR) is 77.3 cm³/mol. The van der Waals surface area contributed by atoms with Gasteiger partial charge in [-0.05, 0) is 12.3 Å². The van der Waals surface area contributed by atoms with E-state index in [1.54, 1.807) is 0 Å². The molecule has 1 unspecified atom stereocenters. The molecule has 0 aromatic rings. The summed E-state index contributed by atoms with van der Waals surface area (Å²) in [5, 5.41) is 0. The van der Waals surface area contributed by atoms with Gasteiger partial charge in [0.05, 0.1) is 13.1 Å². The molecule has 9 heteroatoms. The van der Waals surface area contributed by atoms with Crippen molar-refractivity contribution in [2.24, 2.45) is 23.1 Å². The maximum Gasteiger partial charge on any atom is 0.323 e. The number of esters is 3. The van der Waals surface area contributed by atoms with Crippen molar-refractivity contribution in [1.29, 1.82) is 0 Å². The molecule has 0 saturated carbocycles. The summed E-state index contributed by atoms with van der Waals surface area (Å²) in [5.41, 5.74) is 15.9. The molecule has 0 spiro atoms. The quantitative estimate of drug-likeness (QED) is 0.314. The van der Waals surface area contributed by atoms with E-state index in [1.807, 2.05) is 13.8 Å². The van der Waals surface area contributed by atoms with E-state index in [-0.39, 0.29) is 32.2 Å². The molecule has 0 aliphatic carbocycles.